The minimum atomic E-state index is -0.915. The van der Waals surface area contributed by atoms with Crippen LogP contribution in [0.3, 0.4) is 0 Å². The number of rotatable bonds is 5. The van der Waals surface area contributed by atoms with Crippen molar-refractivity contribution < 1.29 is 38.1 Å². The second-order valence-corrected chi connectivity index (χ2v) is 4.23. The third kappa shape index (κ3) is 4.46. The molecule has 1 aliphatic rings. The Kier molecular flexibility index (Phi) is 5.90. The van der Waals surface area contributed by atoms with Crippen molar-refractivity contribution in [3.8, 4) is 0 Å². The number of ether oxygens (including phenoxy) is 5. The van der Waals surface area contributed by atoms with E-state index in [0.29, 0.717) is 0 Å². The Labute approximate surface area is 116 Å². The summed E-state index contributed by atoms with van der Waals surface area (Å²) in [5.41, 5.74) is 0. The Morgan fingerprint density at radius 2 is 1.50 bits per heavy atom. The highest BCUT2D eigenvalue weighted by Crippen LogP contribution is 2.27. The van der Waals surface area contributed by atoms with Crippen molar-refractivity contribution in [3.05, 3.63) is 0 Å². The molecule has 0 amide bonds. The van der Waals surface area contributed by atoms with Gasteiger partial charge in [-0.05, 0) is 0 Å². The molecule has 20 heavy (non-hydrogen) atoms. The Balaban J connectivity index is 2.84. The fraction of sp³-hybridized carbons (Fsp3) is 0.750. The summed E-state index contributed by atoms with van der Waals surface area (Å²) in [7, 11) is 1.36. The van der Waals surface area contributed by atoms with Crippen molar-refractivity contribution in [1.29, 1.82) is 0 Å². The van der Waals surface area contributed by atoms with E-state index in [9.17, 15) is 14.4 Å². The molecule has 0 bridgehead atoms. The molecule has 8 nitrogen and oxygen atoms in total. The van der Waals surface area contributed by atoms with Crippen LogP contribution >= 0.6 is 0 Å². The zero-order valence-corrected chi connectivity index (χ0v) is 11.8. The fourth-order valence-corrected chi connectivity index (χ4v) is 1.87. The van der Waals surface area contributed by atoms with Gasteiger partial charge in [-0.25, -0.2) is 0 Å². The Bertz CT molecular complexity index is 380. The Morgan fingerprint density at radius 3 is 1.95 bits per heavy atom. The average Bonchev–Trinajstić information content (AvgIpc) is 2.63. The molecule has 8 heteroatoms. The molecular formula is C12H18O8. The second kappa shape index (κ2) is 7.20. The van der Waals surface area contributed by atoms with E-state index >= 15 is 0 Å². The minimum absolute atomic E-state index is 0.134. The van der Waals surface area contributed by atoms with Gasteiger partial charge in [0, 0.05) is 27.9 Å². The second-order valence-electron chi connectivity index (χ2n) is 4.23. The van der Waals surface area contributed by atoms with E-state index in [4.69, 9.17) is 23.7 Å². The van der Waals surface area contributed by atoms with Crippen LogP contribution in [0.4, 0.5) is 0 Å². The SMILES string of the molecule is CO[13C@H]1O[C@H](COC(C)=O)[C@@H](OC(C)=O)[C@H]1OC(C)=O. The van der Waals surface area contributed by atoms with E-state index in [1.165, 1.54) is 27.9 Å². The predicted octanol–water partition coefficient (Wildman–Crippen LogP) is -0.216. The lowest BCUT2D eigenvalue weighted by Crippen LogP contribution is -2.41. The Morgan fingerprint density at radius 1 is 0.950 bits per heavy atom. The first-order valence-corrected chi connectivity index (χ1v) is 6.01. The highest BCUT2D eigenvalue weighted by molar-refractivity contribution is 5.67. The van der Waals surface area contributed by atoms with Crippen LogP contribution < -0.4 is 0 Å². The topological polar surface area (TPSA) is 97.4 Å². The molecule has 0 saturated carbocycles. The average molecular weight is 291 g/mol. The van der Waals surface area contributed by atoms with Crippen molar-refractivity contribution >= 4 is 17.9 Å². The maximum absolute atomic E-state index is 11.1. The van der Waals surface area contributed by atoms with Gasteiger partial charge in [-0.15, -0.1) is 0 Å². The molecule has 1 saturated heterocycles. The van der Waals surface area contributed by atoms with Gasteiger partial charge in [0.2, 0.25) is 0 Å². The quantitative estimate of drug-likeness (QED) is 0.390. The van der Waals surface area contributed by atoms with Crippen LogP contribution in [0.1, 0.15) is 20.8 Å². The number of methoxy groups -OCH3 is 1. The van der Waals surface area contributed by atoms with Gasteiger partial charge in [-0.2, -0.15) is 0 Å². The van der Waals surface area contributed by atoms with Gasteiger partial charge >= 0.3 is 17.9 Å². The molecule has 114 valence electrons. The summed E-state index contributed by atoms with van der Waals surface area (Å²) < 4.78 is 25.5. The highest BCUT2D eigenvalue weighted by Gasteiger charge is 2.49. The third-order valence-electron chi connectivity index (χ3n) is 2.55. The molecule has 0 spiro atoms. The molecule has 1 aliphatic heterocycles. The number of hydrogen-bond donors (Lipinski definition) is 0. The molecule has 1 rings (SSSR count). The van der Waals surface area contributed by atoms with Crippen molar-refractivity contribution in [3.63, 3.8) is 0 Å². The highest BCUT2D eigenvalue weighted by atomic mass is 16.8. The predicted molar refractivity (Wildman–Crippen MR) is 63.4 cm³/mol. The third-order valence-corrected chi connectivity index (χ3v) is 2.55. The number of hydrogen-bond acceptors (Lipinski definition) is 8. The summed E-state index contributed by atoms with van der Waals surface area (Å²) in [4.78, 5) is 33.1. The summed E-state index contributed by atoms with van der Waals surface area (Å²) in [5.74, 6) is -1.63. The first kappa shape index (κ1) is 16.4. The smallest absolute Gasteiger partial charge is 0.303 e. The van der Waals surface area contributed by atoms with Gasteiger partial charge in [0.1, 0.15) is 12.7 Å². The van der Waals surface area contributed by atoms with Crippen molar-refractivity contribution in [2.75, 3.05) is 13.7 Å². The first-order chi connectivity index (χ1) is 9.35. The molecule has 0 aromatic carbocycles. The molecule has 0 unspecified atom stereocenters. The van der Waals surface area contributed by atoms with Gasteiger partial charge in [0.15, 0.2) is 18.5 Å². The molecule has 1 heterocycles. The van der Waals surface area contributed by atoms with E-state index in [-0.39, 0.29) is 6.61 Å². The van der Waals surface area contributed by atoms with E-state index < -0.39 is 42.5 Å². The van der Waals surface area contributed by atoms with Crippen molar-refractivity contribution in [1.82, 2.24) is 0 Å². The Hall–Kier alpha value is -1.67. The largest absolute Gasteiger partial charge is 0.463 e. The fourth-order valence-electron chi connectivity index (χ4n) is 1.87. The van der Waals surface area contributed by atoms with Crippen LogP contribution in [0.2, 0.25) is 0 Å². The van der Waals surface area contributed by atoms with Crippen LogP contribution in [0.15, 0.2) is 0 Å². The van der Waals surface area contributed by atoms with Gasteiger partial charge in [-0.1, -0.05) is 0 Å². The molecule has 0 N–H and O–H groups in total. The van der Waals surface area contributed by atoms with Gasteiger partial charge < -0.3 is 23.7 Å². The summed E-state index contributed by atoms with van der Waals surface area (Å²) >= 11 is 0. The van der Waals surface area contributed by atoms with Crippen LogP contribution in [-0.4, -0.2) is 56.2 Å². The standard InChI is InChI=1S/C12H18O8/c1-6(13)17-5-9-10(18-7(2)14)11(19-8(3)15)12(16-4)20-9/h9-12H,5H2,1-4H3/t9-,10-,11-,12+/m1/s1/i12+1. The summed E-state index contributed by atoms with van der Waals surface area (Å²) in [6.45, 7) is 3.54. The zero-order valence-electron chi connectivity index (χ0n) is 11.8. The molecule has 0 radical (unpaired) electrons. The lowest BCUT2D eigenvalue weighted by atomic mass is 10.2. The normalized spacial score (nSPS) is 28.8. The molecular weight excluding hydrogens is 273 g/mol. The van der Waals surface area contributed by atoms with Gasteiger partial charge in [-0.3, -0.25) is 14.4 Å². The minimum Gasteiger partial charge on any atom is -0.463 e. The number of carbonyl (C=O) groups excluding carboxylic acids is 3. The summed E-state index contributed by atoms with van der Waals surface area (Å²) in [5, 5.41) is 0. The summed E-state index contributed by atoms with van der Waals surface area (Å²) in [6.07, 6.45) is -3.48. The van der Waals surface area contributed by atoms with Crippen LogP contribution in [0.5, 0.6) is 0 Å². The monoisotopic (exact) mass is 291 g/mol. The first-order valence-electron chi connectivity index (χ1n) is 6.01. The van der Waals surface area contributed by atoms with Crippen LogP contribution in [-0.2, 0) is 38.1 Å². The van der Waals surface area contributed by atoms with E-state index in [1.54, 1.807) is 0 Å². The van der Waals surface area contributed by atoms with Gasteiger partial charge in [0.05, 0.1) is 0 Å². The molecule has 0 aliphatic carbocycles. The van der Waals surface area contributed by atoms with Gasteiger partial charge in [0.25, 0.3) is 0 Å². The zero-order chi connectivity index (χ0) is 15.3. The summed E-state index contributed by atoms with van der Waals surface area (Å²) in [6, 6.07) is 0. The van der Waals surface area contributed by atoms with Crippen LogP contribution in [0.25, 0.3) is 0 Å². The number of carbonyl (C=O) groups is 3. The number of esters is 3. The molecule has 0 aromatic heterocycles. The van der Waals surface area contributed by atoms with Crippen LogP contribution in [0, 0.1) is 0 Å². The lowest BCUT2D eigenvalue weighted by Gasteiger charge is -2.22. The molecule has 1 fully saturated rings. The van der Waals surface area contributed by atoms with E-state index in [1.807, 2.05) is 0 Å². The van der Waals surface area contributed by atoms with E-state index in [0.717, 1.165) is 0 Å². The van der Waals surface area contributed by atoms with Crippen molar-refractivity contribution in [2.45, 2.75) is 45.4 Å². The molecule has 4 atom stereocenters. The van der Waals surface area contributed by atoms with Crippen molar-refractivity contribution in [2.24, 2.45) is 0 Å². The van der Waals surface area contributed by atoms with E-state index in [2.05, 4.69) is 0 Å². The molecule has 0 aromatic rings. The maximum atomic E-state index is 11.1. The lowest BCUT2D eigenvalue weighted by molar-refractivity contribution is -0.181. The maximum Gasteiger partial charge on any atom is 0.303 e.